The van der Waals surface area contributed by atoms with Gasteiger partial charge in [0.2, 0.25) is 11.9 Å². The second-order valence-electron chi connectivity index (χ2n) is 8.56. The van der Waals surface area contributed by atoms with E-state index in [2.05, 4.69) is 30.3 Å². The molecule has 13 heteroatoms. The van der Waals surface area contributed by atoms with Gasteiger partial charge in [0.15, 0.2) is 6.61 Å². The van der Waals surface area contributed by atoms with E-state index in [-0.39, 0.29) is 24.1 Å². The van der Waals surface area contributed by atoms with Crippen molar-refractivity contribution in [3.63, 3.8) is 0 Å². The first kappa shape index (κ1) is 27.9. The lowest BCUT2D eigenvalue weighted by molar-refractivity contribution is -0.154. The molecule has 1 aliphatic carbocycles. The molecule has 0 bridgehead atoms. The Bertz CT molecular complexity index is 1340. The van der Waals surface area contributed by atoms with Gasteiger partial charge in [-0.1, -0.05) is 54.6 Å². The van der Waals surface area contributed by atoms with Crippen LogP contribution in [0.1, 0.15) is 17.5 Å². The molecule has 1 atom stereocenters. The molecule has 1 aliphatic rings. The Morgan fingerprint density at radius 3 is 2.31 bits per heavy atom. The number of anilines is 3. The van der Waals surface area contributed by atoms with Crippen LogP contribution in [-0.2, 0) is 10.9 Å². The molecule has 4 rings (SSSR count). The Balaban J connectivity index is 1.54. The maximum absolute atomic E-state index is 13.1. The van der Waals surface area contributed by atoms with Crippen LogP contribution in [-0.4, -0.2) is 47.0 Å². The summed E-state index contributed by atoms with van der Waals surface area (Å²) in [7, 11) is 1.51. The molecule has 2 N–H and O–H groups in total. The number of hydrogen-bond acceptors (Lipinski definition) is 7. The third-order valence-corrected chi connectivity index (χ3v) is 5.72. The summed E-state index contributed by atoms with van der Waals surface area (Å²) in [6, 6.07) is 13.2. The fourth-order valence-electron chi connectivity index (χ4n) is 3.69. The summed E-state index contributed by atoms with van der Waals surface area (Å²) in [6.45, 7) is -1.55. The van der Waals surface area contributed by atoms with Gasteiger partial charge in [0.05, 0.1) is 12.1 Å². The molecule has 0 amide bonds. The number of allylic oxidation sites excluding steroid dienone is 2. The van der Waals surface area contributed by atoms with E-state index in [9.17, 15) is 26.3 Å². The Morgan fingerprint density at radius 1 is 0.923 bits per heavy atom. The standard InChI is InChI=1S/C26H23F6N5O2/c1-38-24(12-10-18(11-13-24)17-6-3-2-4-7-17)15-33-21-35-22(37-23(36-21)39-16-25(27,28)29)34-20-9-5-8-19(14-20)26(30,31)32/h2-12,14H,13,15-16H2,1H3,(H2,33,34,35,36,37). The highest BCUT2D eigenvalue weighted by molar-refractivity contribution is 5.75. The molecule has 1 aromatic heterocycles. The monoisotopic (exact) mass is 551 g/mol. The molecular weight excluding hydrogens is 528 g/mol. The van der Waals surface area contributed by atoms with Gasteiger partial charge >= 0.3 is 18.4 Å². The molecule has 39 heavy (non-hydrogen) atoms. The normalized spacial score (nSPS) is 17.5. The van der Waals surface area contributed by atoms with Crippen molar-refractivity contribution in [1.82, 2.24) is 15.0 Å². The second-order valence-corrected chi connectivity index (χ2v) is 8.56. The summed E-state index contributed by atoms with van der Waals surface area (Å²) in [6.07, 6.45) is -3.05. The maximum atomic E-state index is 13.1. The summed E-state index contributed by atoms with van der Waals surface area (Å²) < 4.78 is 87.8. The molecule has 0 saturated carbocycles. The molecule has 206 valence electrons. The van der Waals surface area contributed by atoms with E-state index in [1.165, 1.54) is 19.2 Å². The molecule has 0 aliphatic heterocycles. The number of methoxy groups -OCH3 is 1. The third kappa shape index (κ3) is 7.69. The number of halogens is 6. The van der Waals surface area contributed by atoms with Crippen LogP contribution >= 0.6 is 0 Å². The minimum absolute atomic E-state index is 0.0362. The summed E-state index contributed by atoms with van der Waals surface area (Å²) in [4.78, 5) is 11.7. The van der Waals surface area contributed by atoms with Crippen LogP contribution in [0.5, 0.6) is 6.01 Å². The second kappa shape index (κ2) is 11.3. The number of hydrogen-bond donors (Lipinski definition) is 2. The van der Waals surface area contributed by atoms with Gasteiger partial charge in [-0.25, -0.2) is 0 Å². The van der Waals surface area contributed by atoms with Crippen molar-refractivity contribution in [3.05, 3.63) is 84.0 Å². The molecule has 3 aromatic rings. The molecule has 0 fully saturated rings. The lowest BCUT2D eigenvalue weighted by atomic mass is 9.89. The zero-order valence-electron chi connectivity index (χ0n) is 20.5. The lowest BCUT2D eigenvalue weighted by Gasteiger charge is -2.31. The minimum Gasteiger partial charge on any atom is -0.454 e. The Labute approximate surface area is 219 Å². The Kier molecular flexibility index (Phi) is 8.09. The van der Waals surface area contributed by atoms with E-state index in [4.69, 9.17) is 4.74 Å². The van der Waals surface area contributed by atoms with Gasteiger partial charge in [0, 0.05) is 19.2 Å². The van der Waals surface area contributed by atoms with Crippen molar-refractivity contribution >= 4 is 23.2 Å². The number of nitrogens with one attached hydrogen (secondary N) is 2. The SMILES string of the molecule is COC1(CNc2nc(Nc3cccc(C(F)(F)F)c3)nc(OCC(F)(F)F)n2)C=CC(c2ccccc2)=CC1. The lowest BCUT2D eigenvalue weighted by Crippen LogP contribution is -2.38. The quantitative estimate of drug-likeness (QED) is 0.297. The number of alkyl halides is 6. The van der Waals surface area contributed by atoms with Gasteiger partial charge in [-0.05, 0) is 29.3 Å². The molecule has 0 spiro atoms. The molecule has 2 aromatic carbocycles. The summed E-state index contributed by atoms with van der Waals surface area (Å²) in [5, 5.41) is 5.47. The smallest absolute Gasteiger partial charge is 0.422 e. The first-order chi connectivity index (χ1) is 18.4. The Hall–Kier alpha value is -4.13. The van der Waals surface area contributed by atoms with Crippen LogP contribution in [0.2, 0.25) is 0 Å². The first-order valence-electron chi connectivity index (χ1n) is 11.6. The van der Waals surface area contributed by atoms with E-state index in [0.29, 0.717) is 6.42 Å². The number of benzene rings is 2. The van der Waals surface area contributed by atoms with Gasteiger partial charge in [-0.2, -0.15) is 41.3 Å². The number of nitrogens with zero attached hydrogens (tertiary/aromatic N) is 3. The number of rotatable bonds is 9. The summed E-state index contributed by atoms with van der Waals surface area (Å²) in [5.74, 6) is -0.486. The van der Waals surface area contributed by atoms with Crippen molar-refractivity contribution in [2.75, 3.05) is 30.9 Å². The fourth-order valence-corrected chi connectivity index (χ4v) is 3.69. The summed E-state index contributed by atoms with van der Waals surface area (Å²) in [5.41, 5.74) is 0.236. The molecule has 1 unspecified atom stereocenters. The van der Waals surface area contributed by atoms with Crippen molar-refractivity contribution in [1.29, 1.82) is 0 Å². The fraction of sp³-hybridized carbons (Fsp3) is 0.269. The zero-order chi connectivity index (χ0) is 28.1. The molecular formula is C26H23F6N5O2. The van der Waals surface area contributed by atoms with E-state index < -0.39 is 36.1 Å². The predicted octanol–water partition coefficient (Wildman–Crippen LogP) is 6.42. The predicted molar refractivity (Wildman–Crippen MR) is 133 cm³/mol. The first-order valence-corrected chi connectivity index (χ1v) is 11.6. The largest absolute Gasteiger partial charge is 0.454 e. The third-order valence-electron chi connectivity index (χ3n) is 5.72. The van der Waals surface area contributed by atoms with Crippen LogP contribution in [0.3, 0.4) is 0 Å². The summed E-state index contributed by atoms with van der Waals surface area (Å²) >= 11 is 0. The average Bonchev–Trinajstić information content (AvgIpc) is 2.91. The van der Waals surface area contributed by atoms with Gasteiger partial charge in [-0.3, -0.25) is 0 Å². The van der Waals surface area contributed by atoms with Crippen LogP contribution < -0.4 is 15.4 Å². The van der Waals surface area contributed by atoms with Crippen LogP contribution in [0.25, 0.3) is 5.57 Å². The Morgan fingerprint density at radius 2 is 1.67 bits per heavy atom. The minimum atomic E-state index is -4.66. The van der Waals surface area contributed by atoms with Crippen molar-refractivity contribution in [3.8, 4) is 6.01 Å². The van der Waals surface area contributed by atoms with Gasteiger partial charge in [0.1, 0.15) is 5.60 Å². The van der Waals surface area contributed by atoms with Gasteiger partial charge in [-0.15, -0.1) is 0 Å². The van der Waals surface area contributed by atoms with Crippen LogP contribution in [0.15, 0.2) is 72.8 Å². The van der Waals surface area contributed by atoms with Crippen molar-refractivity contribution < 1.29 is 35.8 Å². The molecule has 7 nitrogen and oxygen atoms in total. The van der Waals surface area contributed by atoms with E-state index in [1.54, 1.807) is 0 Å². The highest BCUT2D eigenvalue weighted by atomic mass is 19.4. The van der Waals surface area contributed by atoms with Crippen LogP contribution in [0, 0.1) is 0 Å². The van der Waals surface area contributed by atoms with E-state index in [0.717, 1.165) is 23.3 Å². The number of ether oxygens (including phenoxy) is 2. The molecule has 1 heterocycles. The topological polar surface area (TPSA) is 81.2 Å². The van der Waals surface area contributed by atoms with Gasteiger partial charge in [0.25, 0.3) is 0 Å². The van der Waals surface area contributed by atoms with Crippen LogP contribution in [0.4, 0.5) is 43.9 Å². The zero-order valence-corrected chi connectivity index (χ0v) is 20.5. The van der Waals surface area contributed by atoms with Gasteiger partial charge < -0.3 is 20.1 Å². The van der Waals surface area contributed by atoms with E-state index in [1.807, 2.05) is 48.6 Å². The van der Waals surface area contributed by atoms with Crippen molar-refractivity contribution in [2.45, 2.75) is 24.4 Å². The average molecular weight is 551 g/mol. The molecule has 0 saturated heterocycles. The van der Waals surface area contributed by atoms with Crippen molar-refractivity contribution in [2.24, 2.45) is 0 Å². The highest BCUT2D eigenvalue weighted by Gasteiger charge is 2.32. The maximum Gasteiger partial charge on any atom is 0.422 e. The molecule has 0 radical (unpaired) electrons. The number of aromatic nitrogens is 3. The van der Waals surface area contributed by atoms with E-state index >= 15 is 0 Å². The highest BCUT2D eigenvalue weighted by Crippen LogP contribution is 2.32.